The summed E-state index contributed by atoms with van der Waals surface area (Å²) in [5.74, 6) is 3.18. The van der Waals surface area contributed by atoms with Crippen LogP contribution in [0, 0.1) is 18.3 Å². The maximum Gasteiger partial charge on any atom is 0.283 e. The highest BCUT2D eigenvalue weighted by Crippen LogP contribution is 2.21. The molecule has 2 nitrogen and oxygen atoms in total. The Hall–Kier alpha value is -1.40. The van der Waals surface area contributed by atoms with Crippen molar-refractivity contribution in [3.05, 3.63) is 29.8 Å². The number of carbonyl (C=O) groups excluding carboxylic acids is 1. The quantitative estimate of drug-likeness (QED) is 0.481. The van der Waals surface area contributed by atoms with Gasteiger partial charge in [0.15, 0.2) is 0 Å². The van der Waals surface area contributed by atoms with E-state index in [0.29, 0.717) is 18.9 Å². The first-order valence-corrected chi connectivity index (χ1v) is 7.41. The summed E-state index contributed by atoms with van der Waals surface area (Å²) in [4.78, 5) is 12.7. The summed E-state index contributed by atoms with van der Waals surface area (Å²) in [6, 6.07) is 8.17. The molecule has 0 bridgehead atoms. The molecule has 1 N–H and O–H groups in total. The molecule has 0 saturated carbocycles. The Balaban J connectivity index is 2.43. The Kier molecular flexibility index (Phi) is 7.14. The number of carbonyl (C=O) groups is 1. The summed E-state index contributed by atoms with van der Waals surface area (Å²) in [7, 11) is 0. The van der Waals surface area contributed by atoms with Gasteiger partial charge in [0.25, 0.3) is 5.24 Å². The molecule has 1 aromatic carbocycles. The lowest BCUT2D eigenvalue weighted by molar-refractivity contribution is 0.260. The van der Waals surface area contributed by atoms with Gasteiger partial charge >= 0.3 is 0 Å². The van der Waals surface area contributed by atoms with Crippen molar-refractivity contribution in [2.24, 2.45) is 5.92 Å². The first kappa shape index (κ1) is 15.7. The predicted molar refractivity (Wildman–Crippen MR) is 82.3 cm³/mol. The normalized spacial score (nSPS) is 10.2. The van der Waals surface area contributed by atoms with Crippen molar-refractivity contribution in [2.75, 3.05) is 6.54 Å². The maximum atomic E-state index is 11.7. The van der Waals surface area contributed by atoms with Crippen LogP contribution in [0.15, 0.2) is 29.2 Å². The zero-order valence-corrected chi connectivity index (χ0v) is 12.4. The number of hydrogen-bond acceptors (Lipinski definition) is 2. The fourth-order valence-electron chi connectivity index (χ4n) is 1.73. The Bertz CT molecular complexity index is 448. The van der Waals surface area contributed by atoms with Crippen molar-refractivity contribution in [1.82, 2.24) is 5.32 Å². The topological polar surface area (TPSA) is 29.1 Å². The number of unbranched alkanes of at least 4 members (excludes halogenated alkanes) is 1. The van der Waals surface area contributed by atoms with E-state index in [1.54, 1.807) is 0 Å². The standard InChI is InChI=1S/C16H21NOS/c1-4-5-6-10-17-16(18)19-15-9-7-8-14(12-15)11-13(2)3/h1,7-9,12-13H,5-6,10-11H2,2-3H3,(H,17,18). The first-order valence-electron chi connectivity index (χ1n) is 6.60. The monoisotopic (exact) mass is 275 g/mol. The lowest BCUT2D eigenvalue weighted by Crippen LogP contribution is -2.19. The predicted octanol–water partition coefficient (Wildman–Crippen LogP) is 4.10. The van der Waals surface area contributed by atoms with Crippen molar-refractivity contribution in [3.8, 4) is 12.3 Å². The van der Waals surface area contributed by atoms with Gasteiger partial charge in [-0.2, -0.15) is 0 Å². The van der Waals surface area contributed by atoms with Crippen molar-refractivity contribution < 1.29 is 4.79 Å². The molecule has 102 valence electrons. The van der Waals surface area contributed by atoms with Crippen LogP contribution < -0.4 is 5.32 Å². The van der Waals surface area contributed by atoms with Crippen LogP contribution in [0.5, 0.6) is 0 Å². The molecule has 0 fully saturated rings. The zero-order valence-electron chi connectivity index (χ0n) is 11.6. The van der Waals surface area contributed by atoms with E-state index in [9.17, 15) is 4.79 Å². The Morgan fingerprint density at radius 3 is 2.95 bits per heavy atom. The number of thioether (sulfide) groups is 1. The van der Waals surface area contributed by atoms with Crippen LogP contribution in [0.3, 0.4) is 0 Å². The molecule has 3 heteroatoms. The molecule has 1 aromatic rings. The first-order chi connectivity index (χ1) is 9.11. The van der Waals surface area contributed by atoms with E-state index >= 15 is 0 Å². The highest BCUT2D eigenvalue weighted by molar-refractivity contribution is 8.13. The summed E-state index contributed by atoms with van der Waals surface area (Å²) in [5, 5.41) is 2.84. The molecular weight excluding hydrogens is 254 g/mol. The van der Waals surface area contributed by atoms with E-state index in [1.807, 2.05) is 12.1 Å². The van der Waals surface area contributed by atoms with Gasteiger partial charge in [-0.25, -0.2) is 0 Å². The van der Waals surface area contributed by atoms with Crippen LogP contribution >= 0.6 is 11.8 Å². The second-order valence-corrected chi connectivity index (χ2v) is 5.92. The minimum atomic E-state index is -0.0151. The summed E-state index contributed by atoms with van der Waals surface area (Å²) in [5.41, 5.74) is 1.28. The summed E-state index contributed by atoms with van der Waals surface area (Å²) in [6.07, 6.45) is 7.73. The van der Waals surface area contributed by atoms with E-state index in [0.717, 1.165) is 17.7 Å². The third kappa shape index (κ3) is 6.93. The minimum Gasteiger partial charge on any atom is -0.347 e. The largest absolute Gasteiger partial charge is 0.347 e. The van der Waals surface area contributed by atoms with E-state index in [2.05, 4.69) is 37.2 Å². The second-order valence-electron chi connectivity index (χ2n) is 4.87. The summed E-state index contributed by atoms with van der Waals surface area (Å²) < 4.78 is 0. The van der Waals surface area contributed by atoms with E-state index < -0.39 is 0 Å². The number of terminal acetylenes is 1. The molecule has 0 aliphatic carbocycles. The van der Waals surface area contributed by atoms with E-state index in [1.165, 1.54) is 17.3 Å². The Morgan fingerprint density at radius 2 is 2.26 bits per heavy atom. The molecule has 1 rings (SSSR count). The van der Waals surface area contributed by atoms with Gasteiger partial charge in [0, 0.05) is 17.9 Å². The van der Waals surface area contributed by atoms with Crippen LogP contribution in [-0.2, 0) is 6.42 Å². The van der Waals surface area contributed by atoms with E-state index in [4.69, 9.17) is 6.42 Å². The van der Waals surface area contributed by atoms with Gasteiger partial charge in [-0.1, -0.05) is 26.0 Å². The number of hydrogen-bond donors (Lipinski definition) is 1. The van der Waals surface area contributed by atoms with Crippen molar-refractivity contribution >= 4 is 17.0 Å². The summed E-state index contributed by atoms with van der Waals surface area (Å²) in [6.45, 7) is 5.03. The third-order valence-electron chi connectivity index (χ3n) is 2.52. The van der Waals surface area contributed by atoms with Gasteiger partial charge in [0.2, 0.25) is 0 Å². The average Bonchev–Trinajstić information content (AvgIpc) is 2.34. The molecule has 19 heavy (non-hydrogen) atoms. The van der Waals surface area contributed by atoms with Gasteiger partial charge in [0.1, 0.15) is 0 Å². The smallest absolute Gasteiger partial charge is 0.283 e. The Morgan fingerprint density at radius 1 is 1.47 bits per heavy atom. The molecule has 0 unspecified atom stereocenters. The molecule has 0 atom stereocenters. The van der Waals surface area contributed by atoms with Crippen LogP contribution in [-0.4, -0.2) is 11.8 Å². The number of amides is 1. The molecular formula is C16H21NOS. The van der Waals surface area contributed by atoms with Gasteiger partial charge in [0.05, 0.1) is 0 Å². The van der Waals surface area contributed by atoms with Gasteiger partial charge in [-0.05, 0) is 48.2 Å². The van der Waals surface area contributed by atoms with Crippen molar-refractivity contribution in [1.29, 1.82) is 0 Å². The van der Waals surface area contributed by atoms with Crippen LogP contribution in [0.4, 0.5) is 4.79 Å². The number of benzene rings is 1. The van der Waals surface area contributed by atoms with Crippen molar-refractivity contribution in [3.63, 3.8) is 0 Å². The van der Waals surface area contributed by atoms with Crippen LogP contribution in [0.2, 0.25) is 0 Å². The third-order valence-corrected chi connectivity index (χ3v) is 3.34. The summed E-state index contributed by atoms with van der Waals surface area (Å²) >= 11 is 1.24. The molecule has 0 heterocycles. The molecule has 0 radical (unpaired) electrons. The maximum absolute atomic E-state index is 11.7. The highest BCUT2D eigenvalue weighted by Gasteiger charge is 2.05. The second kappa shape index (κ2) is 8.66. The molecule has 0 aromatic heterocycles. The number of nitrogens with one attached hydrogen (secondary N) is 1. The lowest BCUT2D eigenvalue weighted by atomic mass is 10.0. The highest BCUT2D eigenvalue weighted by atomic mass is 32.2. The fourth-order valence-corrected chi connectivity index (χ4v) is 2.48. The Labute approximate surface area is 120 Å². The molecule has 0 aliphatic rings. The zero-order chi connectivity index (χ0) is 14.1. The average molecular weight is 275 g/mol. The molecule has 1 amide bonds. The van der Waals surface area contributed by atoms with Gasteiger partial charge in [-0.15, -0.1) is 12.3 Å². The van der Waals surface area contributed by atoms with Gasteiger partial charge in [-0.3, -0.25) is 4.79 Å². The van der Waals surface area contributed by atoms with Crippen molar-refractivity contribution in [2.45, 2.75) is 38.0 Å². The SMILES string of the molecule is C#CCCCNC(=O)Sc1cccc(CC(C)C)c1. The van der Waals surface area contributed by atoms with Crippen LogP contribution in [0.25, 0.3) is 0 Å². The number of rotatable bonds is 6. The van der Waals surface area contributed by atoms with Gasteiger partial charge < -0.3 is 5.32 Å². The fraction of sp³-hybridized carbons (Fsp3) is 0.438. The minimum absolute atomic E-state index is 0.0151. The molecule has 0 saturated heterocycles. The lowest BCUT2D eigenvalue weighted by Gasteiger charge is -2.07. The molecule has 0 aliphatic heterocycles. The molecule has 0 spiro atoms. The van der Waals surface area contributed by atoms with E-state index in [-0.39, 0.29) is 5.24 Å². The van der Waals surface area contributed by atoms with Crippen LogP contribution in [0.1, 0.15) is 32.3 Å².